The van der Waals surface area contributed by atoms with Crippen LogP contribution in [0.25, 0.3) is 86.2 Å². The highest BCUT2D eigenvalue weighted by molar-refractivity contribution is 9.11. The third-order valence-corrected chi connectivity index (χ3v) is 23.1. The van der Waals surface area contributed by atoms with Crippen molar-refractivity contribution in [3.63, 3.8) is 0 Å². The number of ether oxygens (including phenoxy) is 2. The van der Waals surface area contributed by atoms with Crippen LogP contribution in [0.2, 0.25) is 0 Å². The number of hydrogen-bond acceptors (Lipinski definition) is 11. The van der Waals surface area contributed by atoms with E-state index < -0.39 is 23.9 Å². The Balaban J connectivity index is 0.000000152. The predicted octanol–water partition coefficient (Wildman–Crippen LogP) is 22.8. The van der Waals surface area contributed by atoms with E-state index >= 15 is 0 Å². The van der Waals surface area contributed by atoms with Crippen molar-refractivity contribution in [2.75, 3.05) is 15.5 Å². The highest BCUT2D eigenvalue weighted by Crippen LogP contribution is 2.54. The summed E-state index contributed by atoms with van der Waals surface area (Å²) in [5, 5.41) is 11.7. The minimum absolute atomic E-state index is 0.0804. The number of para-hydroxylation sites is 3. The molecule has 4 aliphatic heterocycles. The quantitative estimate of drug-likeness (QED) is 0.0381. The van der Waals surface area contributed by atoms with E-state index in [0.29, 0.717) is 107 Å². The second kappa shape index (κ2) is 24.5. The van der Waals surface area contributed by atoms with Gasteiger partial charge >= 0.3 is 23.9 Å². The molecule has 17 heteroatoms. The van der Waals surface area contributed by atoms with Gasteiger partial charge in [0.1, 0.15) is 0 Å². The van der Waals surface area contributed by atoms with Crippen molar-refractivity contribution in [1.82, 2.24) is 0 Å². The molecule has 13 nitrogen and oxygen atoms in total. The molecule has 4 amide bonds. The smallest absolute Gasteiger partial charge is 0.346 e. The van der Waals surface area contributed by atoms with Gasteiger partial charge in [-0.2, -0.15) is 0 Å². The number of amides is 4. The van der Waals surface area contributed by atoms with Gasteiger partial charge in [0.05, 0.1) is 44.8 Å². The van der Waals surface area contributed by atoms with Crippen LogP contribution in [0.5, 0.6) is 0 Å². The first kappa shape index (κ1) is 67.6. The third kappa shape index (κ3) is 9.89. The number of nitrogen functional groups attached to an aromatic ring is 1. The number of fused-ring (bicyclic) bond motifs is 4. The Morgan fingerprint density at radius 3 is 0.782 bits per heavy atom. The number of carbonyl (C=O) groups is 8. The van der Waals surface area contributed by atoms with Crippen LogP contribution in [0.1, 0.15) is 235 Å². The number of rotatable bonds is 8. The van der Waals surface area contributed by atoms with Crippen LogP contribution in [0.15, 0.2) is 145 Å². The third-order valence-electron chi connectivity index (χ3n) is 20.5. The summed E-state index contributed by atoms with van der Waals surface area (Å²) >= 11 is 14.9. The van der Waals surface area contributed by atoms with Crippen LogP contribution < -0.4 is 15.5 Å². The lowest BCUT2D eigenvalue weighted by atomic mass is 9.81. The fourth-order valence-electron chi connectivity index (χ4n) is 16.0. The summed E-state index contributed by atoms with van der Waals surface area (Å²) in [6, 6.07) is 39.8. The van der Waals surface area contributed by atoms with Crippen molar-refractivity contribution in [3.05, 3.63) is 223 Å². The molecule has 0 aromatic heterocycles. The van der Waals surface area contributed by atoms with Gasteiger partial charge in [0, 0.05) is 99.3 Å². The number of nitrogens with zero attached hydrogens (tertiary/aromatic N) is 2. The molecule has 0 bridgehead atoms. The summed E-state index contributed by atoms with van der Waals surface area (Å²) in [6.07, 6.45) is 0. The highest BCUT2D eigenvalue weighted by Gasteiger charge is 2.43. The van der Waals surface area contributed by atoms with Gasteiger partial charge in [0.15, 0.2) is 0 Å². The van der Waals surface area contributed by atoms with Gasteiger partial charge in [0.25, 0.3) is 23.6 Å². The molecule has 101 heavy (non-hydrogen) atoms. The summed E-state index contributed by atoms with van der Waals surface area (Å²) < 4.78 is 12.5. The first-order chi connectivity index (χ1) is 48.0. The molecule has 0 saturated carbocycles. The summed E-state index contributed by atoms with van der Waals surface area (Å²) in [5.74, 6) is -2.87. The molecule has 0 saturated heterocycles. The summed E-state index contributed by atoms with van der Waals surface area (Å²) in [4.78, 5) is 112. The Bertz CT molecular complexity index is 5590. The van der Waals surface area contributed by atoms with Crippen LogP contribution in [0.4, 0.5) is 17.1 Å². The maximum atomic E-state index is 14.8. The Kier molecular flexibility index (Phi) is 16.4. The van der Waals surface area contributed by atoms with Crippen LogP contribution in [0, 0.1) is 0 Å². The molecule has 0 aliphatic carbocycles. The van der Waals surface area contributed by atoms with E-state index in [-0.39, 0.29) is 47.3 Å². The average Bonchev–Trinajstić information content (AvgIpc) is 0.688. The zero-order valence-electron chi connectivity index (χ0n) is 57.2. The lowest BCUT2D eigenvalue weighted by Gasteiger charge is -2.34. The fraction of sp³-hybridized carbons (Fsp3) is 0.214. The van der Waals surface area contributed by atoms with E-state index in [9.17, 15) is 38.4 Å². The molecule has 13 aromatic carbocycles. The van der Waals surface area contributed by atoms with Crippen molar-refractivity contribution in [1.29, 1.82) is 0 Å². The topological polar surface area (TPSA) is 188 Å². The number of imide groups is 2. The van der Waals surface area contributed by atoms with Crippen molar-refractivity contribution in [2.45, 2.75) is 119 Å². The van der Waals surface area contributed by atoms with Gasteiger partial charge < -0.3 is 15.2 Å². The molecule has 4 aliphatic rings. The second-order valence-electron chi connectivity index (χ2n) is 28.4. The number of nitrogens with two attached hydrogens (primary N) is 1. The number of benzene rings is 13. The highest BCUT2D eigenvalue weighted by atomic mass is 79.9. The van der Waals surface area contributed by atoms with Crippen molar-refractivity contribution in [2.24, 2.45) is 0 Å². The minimum Gasteiger partial charge on any atom is -0.398 e. The van der Waals surface area contributed by atoms with Crippen LogP contribution in [0.3, 0.4) is 0 Å². The molecule has 2 N–H and O–H groups in total. The molecule has 0 atom stereocenters. The van der Waals surface area contributed by atoms with Crippen LogP contribution in [-0.4, -0.2) is 47.5 Å². The first-order valence-corrected chi connectivity index (χ1v) is 36.9. The van der Waals surface area contributed by atoms with Gasteiger partial charge in [-0.25, -0.2) is 29.0 Å². The largest absolute Gasteiger partial charge is 0.398 e. The van der Waals surface area contributed by atoms with E-state index in [4.69, 9.17) is 15.2 Å². The molecule has 0 spiro atoms. The van der Waals surface area contributed by atoms with E-state index in [1.807, 2.05) is 72.8 Å². The standard InChI is InChI=1S/C48H40Br2N2O4.C24H6Br2O6.C12H19N/c1-21(2)25-11-9-12-26(22(3)4)43(25)51-45(53)31-17-15-29-40-36(50)20-34-38-32(18-16-30(42(38)40)39-35(49)19-33(47(51)55)37(31)41(29)39)46(54)52(48(34)56)44-27(23(5)6)13-10-14-28(44)24(7)8;25-13-5-12-16-10(22(28)32-24(12)30)4-2-8-18-14(26)6-11-15-9(21(27)31-23(11)29)3-1-7(19(15)18)17(13)20(8)16;1-8(2)10-6-5-7-11(9(3)4)12(10)13/h9-24H,1-8H3;1-6H;5-9H,13H2,1-4H3. The van der Waals surface area contributed by atoms with Gasteiger partial charge in [-0.15, -0.1) is 0 Å². The molecular weight excluding hydrogens is 1530 g/mol. The summed E-state index contributed by atoms with van der Waals surface area (Å²) in [7, 11) is 0. The Labute approximate surface area is 614 Å². The SMILES string of the molecule is CC(C)c1cccc(C(C)C)c1N.CC(C)c1cccc(C(C)C)c1N1C(=O)c2ccc3c4c(Br)cc5c6c(ccc(c7c(Br)cc(c2c37)C1=O)c64)C(=O)N(c1c(C(C)C)cccc1C(C)C)C5=O.O=C1OC(=O)c2cc(Br)c3c4ccc5c6c(cc(Br)c(c7ccc1c2c73)c64)C(=O)OC5=O. The molecule has 504 valence electrons. The van der Waals surface area contributed by atoms with Crippen LogP contribution >= 0.6 is 63.7 Å². The lowest BCUT2D eigenvalue weighted by Crippen LogP contribution is -2.42. The number of halogens is 4. The van der Waals surface area contributed by atoms with Gasteiger partial charge in [0.2, 0.25) is 0 Å². The van der Waals surface area contributed by atoms with Crippen LogP contribution in [-0.2, 0) is 9.47 Å². The Hall–Kier alpha value is -9.26. The van der Waals surface area contributed by atoms with Gasteiger partial charge in [-0.05, 0) is 139 Å². The molecular formula is C84H65Br4N3O10. The zero-order chi connectivity index (χ0) is 71.9. The second-order valence-corrected chi connectivity index (χ2v) is 31.8. The lowest BCUT2D eigenvalue weighted by molar-refractivity contribution is 0.0373. The number of hydrogen-bond donors (Lipinski definition) is 1. The molecule has 4 heterocycles. The van der Waals surface area contributed by atoms with Gasteiger partial charge in [-0.3, -0.25) is 19.2 Å². The average molecular weight is 1600 g/mol. The molecule has 0 unspecified atom stereocenters. The number of carbonyl (C=O) groups excluding carboxylic acids is 8. The monoisotopic (exact) mass is 1590 g/mol. The number of esters is 4. The maximum Gasteiger partial charge on any atom is 0.346 e. The fourth-order valence-corrected chi connectivity index (χ4v) is 18.5. The Morgan fingerprint density at radius 2 is 0.505 bits per heavy atom. The van der Waals surface area contributed by atoms with Crippen molar-refractivity contribution < 1.29 is 47.8 Å². The van der Waals surface area contributed by atoms with Gasteiger partial charge in [-0.1, -0.05) is 226 Å². The van der Waals surface area contributed by atoms with E-state index in [1.54, 1.807) is 36.4 Å². The minimum atomic E-state index is -0.699. The predicted molar refractivity (Wildman–Crippen MR) is 416 cm³/mol. The summed E-state index contributed by atoms with van der Waals surface area (Å²) in [6.45, 7) is 25.3. The summed E-state index contributed by atoms with van der Waals surface area (Å²) in [5.41, 5.74) is 17.7. The van der Waals surface area contributed by atoms with Crippen molar-refractivity contribution in [3.8, 4) is 0 Å². The molecule has 17 rings (SSSR count). The Morgan fingerprint density at radius 1 is 0.277 bits per heavy atom. The zero-order valence-corrected chi connectivity index (χ0v) is 63.5. The maximum absolute atomic E-state index is 14.8. The molecule has 13 aromatic rings. The molecule has 0 fully saturated rings. The normalized spacial score (nSPS) is 14.4. The van der Waals surface area contributed by atoms with E-state index in [1.165, 1.54) is 20.9 Å². The van der Waals surface area contributed by atoms with E-state index in [2.05, 4.69) is 165 Å². The molecule has 0 radical (unpaired) electrons. The van der Waals surface area contributed by atoms with Crippen molar-refractivity contribution >= 4 is 214 Å². The number of cyclic esters (lactones) is 4. The number of anilines is 3. The first-order valence-electron chi connectivity index (χ1n) is 33.7. The van der Waals surface area contributed by atoms with E-state index in [0.717, 1.165) is 92.6 Å².